The van der Waals surface area contributed by atoms with Crippen LogP contribution in [0, 0.1) is 6.92 Å². The lowest BCUT2D eigenvalue weighted by atomic mass is 9.85. The number of carbonyl (C=O) groups excluding carboxylic acids is 1. The highest BCUT2D eigenvalue weighted by atomic mass is 32.1. The van der Waals surface area contributed by atoms with Crippen molar-refractivity contribution in [3.8, 4) is 0 Å². The second-order valence-corrected chi connectivity index (χ2v) is 9.24. The Morgan fingerprint density at radius 2 is 2.17 bits per heavy atom. The van der Waals surface area contributed by atoms with Gasteiger partial charge in [-0.1, -0.05) is 18.6 Å². The van der Waals surface area contributed by atoms with Crippen molar-refractivity contribution in [1.29, 1.82) is 0 Å². The third-order valence-electron chi connectivity index (χ3n) is 5.76. The summed E-state index contributed by atoms with van der Waals surface area (Å²) in [6, 6.07) is 8.37. The molecule has 3 heterocycles. The maximum Gasteiger partial charge on any atom is 0.220 e. The van der Waals surface area contributed by atoms with Crippen molar-refractivity contribution in [3.63, 3.8) is 0 Å². The Balaban J connectivity index is 1.17. The standard InChI is InChI=1S/C22H25N5OS/c1-14-12-27-13-17(24-22(27)29-14)9-10-20(28)23-16-6-4-5-15(11-16)21-25-18-7-2-3-8-19(18)26-21/h2-3,7-8,12-13,15-16H,4-6,9-11H2,1H3,(H,23,28)(H,25,26). The van der Waals surface area contributed by atoms with Gasteiger partial charge in [0.05, 0.1) is 16.7 Å². The summed E-state index contributed by atoms with van der Waals surface area (Å²) in [5.41, 5.74) is 3.09. The number of imidazole rings is 2. The molecule has 1 aliphatic carbocycles. The summed E-state index contributed by atoms with van der Waals surface area (Å²) in [7, 11) is 0. The van der Waals surface area contributed by atoms with Gasteiger partial charge in [0, 0.05) is 35.7 Å². The van der Waals surface area contributed by atoms with Crippen molar-refractivity contribution in [1.82, 2.24) is 24.7 Å². The minimum Gasteiger partial charge on any atom is -0.353 e. The lowest BCUT2D eigenvalue weighted by Gasteiger charge is -2.28. The van der Waals surface area contributed by atoms with Crippen LogP contribution in [0.3, 0.4) is 0 Å². The highest BCUT2D eigenvalue weighted by Gasteiger charge is 2.26. The molecule has 1 fully saturated rings. The molecule has 0 saturated heterocycles. The summed E-state index contributed by atoms with van der Waals surface area (Å²) in [5, 5.41) is 3.25. The lowest BCUT2D eigenvalue weighted by molar-refractivity contribution is -0.122. The molecule has 4 aromatic rings. The number of nitrogens with one attached hydrogen (secondary N) is 2. The number of rotatable bonds is 5. The predicted molar refractivity (Wildman–Crippen MR) is 115 cm³/mol. The van der Waals surface area contributed by atoms with Gasteiger partial charge in [-0.05, 0) is 44.7 Å². The lowest BCUT2D eigenvalue weighted by Crippen LogP contribution is -2.38. The normalized spacial score (nSPS) is 19.8. The smallest absolute Gasteiger partial charge is 0.220 e. The van der Waals surface area contributed by atoms with Crippen LogP contribution in [0.2, 0.25) is 0 Å². The molecular formula is C22H25N5OS. The van der Waals surface area contributed by atoms with Gasteiger partial charge < -0.3 is 10.3 Å². The zero-order chi connectivity index (χ0) is 19.8. The molecular weight excluding hydrogens is 382 g/mol. The summed E-state index contributed by atoms with van der Waals surface area (Å²) in [6.45, 7) is 2.08. The average Bonchev–Trinajstić information content (AvgIpc) is 3.39. The largest absolute Gasteiger partial charge is 0.353 e. The third-order valence-corrected chi connectivity index (χ3v) is 6.68. The fourth-order valence-electron chi connectivity index (χ4n) is 4.36. The van der Waals surface area contributed by atoms with E-state index in [9.17, 15) is 4.79 Å². The number of nitrogens with zero attached hydrogens (tertiary/aromatic N) is 3. The number of H-pyrrole nitrogens is 1. The van der Waals surface area contributed by atoms with Gasteiger partial charge in [0.25, 0.3) is 0 Å². The molecule has 0 radical (unpaired) electrons. The van der Waals surface area contributed by atoms with E-state index in [0.29, 0.717) is 18.8 Å². The predicted octanol–water partition coefficient (Wildman–Crippen LogP) is 4.36. The second-order valence-electron chi connectivity index (χ2n) is 8.03. The van der Waals surface area contributed by atoms with Crippen LogP contribution >= 0.6 is 11.3 Å². The van der Waals surface area contributed by atoms with Crippen molar-refractivity contribution in [3.05, 3.63) is 53.1 Å². The van der Waals surface area contributed by atoms with Crippen LogP contribution in [-0.4, -0.2) is 31.3 Å². The van der Waals surface area contributed by atoms with Gasteiger partial charge in [-0.3, -0.25) is 9.20 Å². The first-order valence-corrected chi connectivity index (χ1v) is 11.1. The molecule has 2 atom stereocenters. The Kier molecular flexibility index (Phi) is 4.83. The molecule has 29 heavy (non-hydrogen) atoms. The number of benzene rings is 1. The zero-order valence-electron chi connectivity index (χ0n) is 16.5. The molecule has 5 rings (SSSR count). The van der Waals surface area contributed by atoms with Gasteiger partial charge in [0.1, 0.15) is 5.82 Å². The van der Waals surface area contributed by atoms with E-state index < -0.39 is 0 Å². The number of fused-ring (bicyclic) bond motifs is 2. The van der Waals surface area contributed by atoms with Gasteiger partial charge >= 0.3 is 0 Å². The monoisotopic (exact) mass is 407 g/mol. The summed E-state index contributed by atoms with van der Waals surface area (Å²) < 4.78 is 2.05. The van der Waals surface area contributed by atoms with Crippen LogP contribution in [0.5, 0.6) is 0 Å². The number of carbonyl (C=O) groups is 1. The van der Waals surface area contributed by atoms with E-state index in [2.05, 4.69) is 34.5 Å². The van der Waals surface area contributed by atoms with Gasteiger partial charge in [-0.25, -0.2) is 9.97 Å². The maximum absolute atomic E-state index is 12.5. The third kappa shape index (κ3) is 3.92. The number of aryl methyl sites for hydroxylation is 2. The minimum atomic E-state index is 0.118. The molecule has 2 N–H and O–H groups in total. The Morgan fingerprint density at radius 3 is 3.03 bits per heavy atom. The molecule has 7 heteroatoms. The fraction of sp³-hybridized carbons (Fsp3) is 0.409. The van der Waals surface area contributed by atoms with E-state index >= 15 is 0 Å². The Morgan fingerprint density at radius 1 is 1.28 bits per heavy atom. The van der Waals surface area contributed by atoms with Crippen molar-refractivity contribution in [2.45, 2.75) is 57.4 Å². The summed E-state index contributed by atoms with van der Waals surface area (Å²) in [5.74, 6) is 1.55. The first-order valence-electron chi connectivity index (χ1n) is 10.3. The van der Waals surface area contributed by atoms with E-state index in [1.54, 1.807) is 11.3 Å². The number of aromatic amines is 1. The van der Waals surface area contributed by atoms with E-state index in [4.69, 9.17) is 4.98 Å². The molecule has 1 aromatic carbocycles. The minimum absolute atomic E-state index is 0.118. The summed E-state index contributed by atoms with van der Waals surface area (Å²) in [4.78, 5) is 27.6. The Bertz CT molecular complexity index is 1090. The first kappa shape index (κ1) is 18.4. The van der Waals surface area contributed by atoms with Crippen molar-refractivity contribution >= 4 is 33.2 Å². The van der Waals surface area contributed by atoms with Crippen LogP contribution < -0.4 is 5.32 Å². The van der Waals surface area contributed by atoms with E-state index in [1.807, 2.05) is 28.8 Å². The van der Waals surface area contributed by atoms with E-state index in [0.717, 1.165) is 53.2 Å². The van der Waals surface area contributed by atoms with Gasteiger partial charge in [-0.15, -0.1) is 11.3 Å². The molecule has 0 aliphatic heterocycles. The second kappa shape index (κ2) is 7.63. The Hall–Kier alpha value is -2.67. The quantitative estimate of drug-likeness (QED) is 0.516. The maximum atomic E-state index is 12.5. The van der Waals surface area contributed by atoms with E-state index in [1.165, 1.54) is 4.88 Å². The topological polar surface area (TPSA) is 75.1 Å². The van der Waals surface area contributed by atoms with Gasteiger partial charge in [-0.2, -0.15) is 0 Å². The van der Waals surface area contributed by atoms with Crippen molar-refractivity contribution in [2.75, 3.05) is 0 Å². The molecule has 1 aliphatic rings. The van der Waals surface area contributed by atoms with E-state index in [-0.39, 0.29) is 11.9 Å². The van der Waals surface area contributed by atoms with Crippen LogP contribution in [0.1, 0.15) is 54.4 Å². The number of thiazole rings is 1. The number of aromatic nitrogens is 4. The molecule has 3 aromatic heterocycles. The fourth-order valence-corrected chi connectivity index (χ4v) is 5.18. The molecule has 1 saturated carbocycles. The zero-order valence-corrected chi connectivity index (χ0v) is 17.3. The summed E-state index contributed by atoms with van der Waals surface area (Å²) >= 11 is 1.68. The molecule has 2 unspecified atom stereocenters. The number of para-hydroxylation sites is 2. The molecule has 150 valence electrons. The number of amides is 1. The van der Waals surface area contributed by atoms with Crippen LogP contribution in [0.15, 0.2) is 36.7 Å². The number of hydrogen-bond donors (Lipinski definition) is 2. The van der Waals surface area contributed by atoms with Crippen LogP contribution in [0.4, 0.5) is 0 Å². The van der Waals surface area contributed by atoms with Crippen LogP contribution in [-0.2, 0) is 11.2 Å². The molecule has 0 bridgehead atoms. The molecule has 0 spiro atoms. The SMILES string of the molecule is Cc1cn2cc(CCC(=O)NC3CCCC(c4nc5ccccc5[nH]4)C3)nc2s1. The Labute approximate surface area is 173 Å². The van der Waals surface area contributed by atoms with Gasteiger partial charge in [0.15, 0.2) is 4.96 Å². The summed E-state index contributed by atoms with van der Waals surface area (Å²) in [6.07, 6.45) is 9.50. The van der Waals surface area contributed by atoms with Gasteiger partial charge in [0.2, 0.25) is 5.91 Å². The highest BCUT2D eigenvalue weighted by molar-refractivity contribution is 7.16. The van der Waals surface area contributed by atoms with Crippen molar-refractivity contribution in [2.24, 2.45) is 0 Å². The first-order chi connectivity index (χ1) is 14.1. The van der Waals surface area contributed by atoms with Crippen molar-refractivity contribution < 1.29 is 4.79 Å². The highest BCUT2D eigenvalue weighted by Crippen LogP contribution is 2.32. The molecule has 6 nitrogen and oxygen atoms in total. The molecule has 1 amide bonds. The van der Waals surface area contributed by atoms with Crippen LogP contribution in [0.25, 0.3) is 16.0 Å². The average molecular weight is 408 g/mol. The number of hydrogen-bond acceptors (Lipinski definition) is 4.